The number of hydrogen-bond acceptors (Lipinski definition) is 5. The second-order valence-corrected chi connectivity index (χ2v) is 7.58. The molecule has 24 heavy (non-hydrogen) atoms. The van der Waals surface area contributed by atoms with Crippen LogP contribution < -0.4 is 5.32 Å². The normalized spacial score (nSPS) is 12.1. The Morgan fingerprint density at radius 3 is 2.75 bits per heavy atom. The molecule has 1 amide bonds. The summed E-state index contributed by atoms with van der Waals surface area (Å²) in [5.41, 5.74) is 1.42. The monoisotopic (exact) mass is 378 g/mol. The van der Waals surface area contributed by atoms with Gasteiger partial charge in [-0.25, -0.2) is 4.98 Å². The topological polar surface area (TPSA) is 51.2 Å². The minimum Gasteiger partial charge on any atom is -0.374 e. The summed E-state index contributed by atoms with van der Waals surface area (Å²) in [6.07, 6.45) is -0.223. The summed E-state index contributed by atoms with van der Waals surface area (Å²) in [4.78, 5) is 17.7. The van der Waals surface area contributed by atoms with E-state index in [1.807, 2.05) is 42.5 Å². The van der Waals surface area contributed by atoms with E-state index >= 15 is 0 Å². The molecule has 7 heteroatoms. The number of amides is 1. The highest BCUT2D eigenvalue weighted by Gasteiger charge is 2.17. The molecule has 0 spiro atoms. The zero-order chi connectivity index (χ0) is 16.9. The van der Waals surface area contributed by atoms with E-state index < -0.39 is 0 Å². The SMILES string of the molecule is COC(CNC(=O)c1csc(-c2ccccc2)n1)c1ccc(Cl)s1. The van der Waals surface area contributed by atoms with E-state index in [1.165, 1.54) is 22.7 Å². The molecule has 1 unspecified atom stereocenters. The minimum atomic E-state index is -0.223. The molecule has 0 saturated carbocycles. The first-order valence-electron chi connectivity index (χ1n) is 7.24. The van der Waals surface area contributed by atoms with Crippen molar-refractivity contribution in [1.82, 2.24) is 10.3 Å². The highest BCUT2D eigenvalue weighted by molar-refractivity contribution is 7.16. The Morgan fingerprint density at radius 1 is 1.29 bits per heavy atom. The van der Waals surface area contributed by atoms with Gasteiger partial charge in [-0.2, -0.15) is 0 Å². The predicted octanol–water partition coefficient (Wildman–Crippen LogP) is 4.64. The molecule has 2 heterocycles. The van der Waals surface area contributed by atoms with Crippen molar-refractivity contribution in [1.29, 1.82) is 0 Å². The third kappa shape index (κ3) is 4.02. The average molecular weight is 379 g/mol. The first-order valence-corrected chi connectivity index (χ1v) is 9.32. The molecule has 1 aromatic carbocycles. The van der Waals surface area contributed by atoms with Gasteiger partial charge in [-0.05, 0) is 12.1 Å². The highest BCUT2D eigenvalue weighted by atomic mass is 35.5. The van der Waals surface area contributed by atoms with Gasteiger partial charge >= 0.3 is 0 Å². The lowest BCUT2D eigenvalue weighted by Crippen LogP contribution is -2.29. The Balaban J connectivity index is 1.64. The maximum atomic E-state index is 12.3. The summed E-state index contributed by atoms with van der Waals surface area (Å²) >= 11 is 8.84. The summed E-state index contributed by atoms with van der Waals surface area (Å²) in [6.45, 7) is 0.365. The van der Waals surface area contributed by atoms with Gasteiger partial charge in [0.2, 0.25) is 0 Å². The lowest BCUT2D eigenvalue weighted by Gasteiger charge is -2.13. The quantitative estimate of drug-likeness (QED) is 0.679. The smallest absolute Gasteiger partial charge is 0.270 e. The number of hydrogen-bond donors (Lipinski definition) is 1. The van der Waals surface area contributed by atoms with Crippen LogP contribution in [0.5, 0.6) is 0 Å². The number of halogens is 1. The molecule has 3 rings (SSSR count). The third-order valence-corrected chi connectivity index (χ3v) is 5.62. The molecule has 0 aliphatic heterocycles. The van der Waals surface area contributed by atoms with Crippen LogP contribution in [0.2, 0.25) is 4.34 Å². The van der Waals surface area contributed by atoms with Crippen LogP contribution in [0, 0.1) is 0 Å². The molecule has 124 valence electrons. The average Bonchev–Trinajstić information content (AvgIpc) is 3.26. The van der Waals surface area contributed by atoms with E-state index in [1.54, 1.807) is 12.5 Å². The van der Waals surface area contributed by atoms with Crippen LogP contribution in [-0.2, 0) is 4.74 Å². The second-order valence-electron chi connectivity index (χ2n) is 4.98. The number of carbonyl (C=O) groups excluding carboxylic acids is 1. The zero-order valence-corrected chi connectivity index (χ0v) is 15.3. The van der Waals surface area contributed by atoms with Gasteiger partial charge in [0, 0.05) is 29.5 Å². The molecule has 0 bridgehead atoms. The summed E-state index contributed by atoms with van der Waals surface area (Å²) < 4.78 is 6.13. The number of rotatable bonds is 6. The lowest BCUT2D eigenvalue weighted by atomic mass is 10.2. The van der Waals surface area contributed by atoms with Crippen LogP contribution in [0.25, 0.3) is 10.6 Å². The fourth-order valence-electron chi connectivity index (χ4n) is 2.17. The number of nitrogens with one attached hydrogen (secondary N) is 1. The number of ether oxygens (including phenoxy) is 1. The Hall–Kier alpha value is -1.73. The molecule has 0 saturated heterocycles. The lowest BCUT2D eigenvalue weighted by molar-refractivity contribution is 0.0834. The van der Waals surface area contributed by atoms with Crippen molar-refractivity contribution in [3.63, 3.8) is 0 Å². The van der Waals surface area contributed by atoms with Crippen LogP contribution in [0.15, 0.2) is 47.8 Å². The fraction of sp³-hybridized carbons (Fsp3) is 0.176. The van der Waals surface area contributed by atoms with Gasteiger partial charge in [-0.3, -0.25) is 4.79 Å². The molecule has 4 nitrogen and oxygen atoms in total. The zero-order valence-electron chi connectivity index (χ0n) is 12.9. The first-order chi connectivity index (χ1) is 11.7. The van der Waals surface area contributed by atoms with Crippen LogP contribution in [0.4, 0.5) is 0 Å². The summed E-state index contributed by atoms with van der Waals surface area (Å²) in [6, 6.07) is 13.5. The van der Waals surface area contributed by atoms with E-state index in [-0.39, 0.29) is 12.0 Å². The molecule has 1 N–H and O–H groups in total. The van der Waals surface area contributed by atoms with Crippen molar-refractivity contribution >= 4 is 40.2 Å². The maximum absolute atomic E-state index is 12.3. The number of thiazole rings is 1. The Bertz CT molecular complexity index is 817. The van der Waals surface area contributed by atoms with Crippen molar-refractivity contribution in [3.05, 3.63) is 62.8 Å². The van der Waals surface area contributed by atoms with Gasteiger partial charge in [-0.1, -0.05) is 41.9 Å². The van der Waals surface area contributed by atoms with Crippen molar-refractivity contribution in [2.45, 2.75) is 6.10 Å². The molecule has 0 aliphatic carbocycles. The van der Waals surface area contributed by atoms with Crippen LogP contribution >= 0.6 is 34.3 Å². The van der Waals surface area contributed by atoms with Crippen molar-refractivity contribution in [3.8, 4) is 10.6 Å². The Morgan fingerprint density at radius 2 is 2.08 bits per heavy atom. The molecular weight excluding hydrogens is 364 g/mol. The predicted molar refractivity (Wildman–Crippen MR) is 99.0 cm³/mol. The minimum absolute atomic E-state index is 0.210. The number of nitrogens with zero attached hydrogens (tertiary/aromatic N) is 1. The van der Waals surface area contributed by atoms with Gasteiger partial charge in [0.05, 0.1) is 4.34 Å². The molecular formula is C17H15ClN2O2S2. The first kappa shape index (κ1) is 17.1. The number of aromatic nitrogens is 1. The van der Waals surface area contributed by atoms with Gasteiger partial charge in [0.25, 0.3) is 5.91 Å². The van der Waals surface area contributed by atoms with Crippen LogP contribution in [0.1, 0.15) is 21.5 Å². The summed E-state index contributed by atoms with van der Waals surface area (Å²) in [5.74, 6) is -0.210. The van der Waals surface area contributed by atoms with Gasteiger partial charge in [0.15, 0.2) is 0 Å². The molecule has 0 aliphatic rings. The van der Waals surface area contributed by atoms with E-state index in [0.29, 0.717) is 16.6 Å². The van der Waals surface area contributed by atoms with Crippen molar-refractivity contribution in [2.75, 3.05) is 13.7 Å². The van der Waals surface area contributed by atoms with E-state index in [0.717, 1.165) is 15.4 Å². The molecule has 1 atom stereocenters. The number of carbonyl (C=O) groups is 1. The van der Waals surface area contributed by atoms with E-state index in [4.69, 9.17) is 16.3 Å². The number of thiophene rings is 1. The maximum Gasteiger partial charge on any atom is 0.270 e. The molecule has 0 radical (unpaired) electrons. The number of methoxy groups -OCH3 is 1. The van der Waals surface area contributed by atoms with Gasteiger partial charge in [-0.15, -0.1) is 22.7 Å². The van der Waals surface area contributed by atoms with Crippen molar-refractivity contribution < 1.29 is 9.53 Å². The second kappa shape index (κ2) is 7.90. The van der Waals surface area contributed by atoms with Crippen molar-refractivity contribution in [2.24, 2.45) is 0 Å². The standard InChI is InChI=1S/C17H15ClN2O2S2/c1-22-13(14-7-8-15(18)24-14)9-19-16(21)12-10-23-17(20-12)11-5-3-2-4-6-11/h2-8,10,13H,9H2,1H3,(H,19,21). The third-order valence-electron chi connectivity index (χ3n) is 3.40. The summed E-state index contributed by atoms with van der Waals surface area (Å²) in [5, 5.41) is 5.46. The number of benzene rings is 1. The largest absolute Gasteiger partial charge is 0.374 e. The molecule has 0 fully saturated rings. The van der Waals surface area contributed by atoms with E-state index in [2.05, 4.69) is 10.3 Å². The van der Waals surface area contributed by atoms with E-state index in [9.17, 15) is 4.79 Å². The van der Waals surface area contributed by atoms with Crippen LogP contribution in [-0.4, -0.2) is 24.5 Å². The molecule has 2 aromatic heterocycles. The Kier molecular flexibility index (Phi) is 5.63. The highest BCUT2D eigenvalue weighted by Crippen LogP contribution is 2.28. The van der Waals surface area contributed by atoms with Crippen LogP contribution in [0.3, 0.4) is 0 Å². The van der Waals surface area contributed by atoms with Gasteiger partial charge < -0.3 is 10.1 Å². The molecule has 3 aromatic rings. The summed E-state index contributed by atoms with van der Waals surface area (Å²) in [7, 11) is 1.61. The Labute approximate surface area is 153 Å². The fourth-order valence-corrected chi connectivity index (χ4v) is 4.11. The van der Waals surface area contributed by atoms with Gasteiger partial charge in [0.1, 0.15) is 16.8 Å².